The lowest BCUT2D eigenvalue weighted by atomic mass is 9.42. The number of rotatable bonds is 7. The van der Waals surface area contributed by atoms with Gasteiger partial charge in [-0.05, 0) is 91.2 Å². The fourth-order valence-electron chi connectivity index (χ4n) is 7.17. The molecule has 2 atom stereocenters. The van der Waals surface area contributed by atoms with Crippen molar-refractivity contribution >= 4 is 5.91 Å². The van der Waals surface area contributed by atoms with E-state index in [2.05, 4.69) is 29.6 Å². The minimum absolute atomic E-state index is 0.122. The van der Waals surface area contributed by atoms with E-state index in [-0.39, 0.29) is 16.7 Å². The number of ether oxygens (including phenoxy) is 3. The Labute approximate surface area is 190 Å². The highest BCUT2D eigenvalue weighted by atomic mass is 16.5. The highest BCUT2D eigenvalue weighted by Crippen LogP contribution is 2.65. The predicted octanol–water partition coefficient (Wildman–Crippen LogP) is 4.87. The first-order valence-corrected chi connectivity index (χ1v) is 11.6. The number of nitrogens with one attached hydrogen (secondary N) is 1. The molecule has 2 aromatic carbocycles. The molecule has 2 aromatic rings. The third-order valence-corrected chi connectivity index (χ3v) is 8.15. The third kappa shape index (κ3) is 3.52. The highest BCUT2D eigenvalue weighted by Gasteiger charge is 2.60. The Balaban J connectivity index is 1.35. The largest absolute Gasteiger partial charge is 0.497 e. The topological polar surface area (TPSA) is 56.8 Å². The van der Waals surface area contributed by atoms with Gasteiger partial charge >= 0.3 is 0 Å². The third-order valence-electron chi connectivity index (χ3n) is 8.15. The lowest BCUT2D eigenvalue weighted by Gasteiger charge is -2.61. The van der Waals surface area contributed by atoms with E-state index in [9.17, 15) is 4.79 Å². The minimum atomic E-state index is -0.249. The van der Waals surface area contributed by atoms with Gasteiger partial charge in [0.25, 0.3) is 0 Å². The zero-order valence-electron chi connectivity index (χ0n) is 19.3. The highest BCUT2D eigenvalue weighted by molar-refractivity contribution is 5.83. The van der Waals surface area contributed by atoms with Crippen molar-refractivity contribution in [2.24, 2.45) is 17.3 Å². The Morgan fingerprint density at radius 3 is 2.22 bits per heavy atom. The summed E-state index contributed by atoms with van der Waals surface area (Å²) >= 11 is 0. The molecule has 1 N–H and O–H groups in total. The molecule has 6 rings (SSSR count). The van der Waals surface area contributed by atoms with Crippen molar-refractivity contribution in [2.45, 2.75) is 50.5 Å². The van der Waals surface area contributed by atoms with Crippen molar-refractivity contribution < 1.29 is 19.0 Å². The predicted molar refractivity (Wildman–Crippen MR) is 123 cm³/mol. The number of amides is 1. The van der Waals surface area contributed by atoms with Crippen molar-refractivity contribution in [3.8, 4) is 17.2 Å². The number of carbonyl (C=O) groups excluding carboxylic acids is 1. The lowest BCUT2D eigenvalue weighted by molar-refractivity contribution is -0.149. The lowest BCUT2D eigenvalue weighted by Crippen LogP contribution is -2.59. The van der Waals surface area contributed by atoms with Crippen molar-refractivity contribution in [1.82, 2.24) is 5.32 Å². The Bertz CT molecular complexity index is 985. The Morgan fingerprint density at radius 2 is 1.59 bits per heavy atom. The second kappa shape index (κ2) is 8.02. The molecular weight excluding hydrogens is 402 g/mol. The number of benzene rings is 2. The molecule has 32 heavy (non-hydrogen) atoms. The van der Waals surface area contributed by atoms with Gasteiger partial charge in [0.15, 0.2) is 11.5 Å². The summed E-state index contributed by atoms with van der Waals surface area (Å²) in [6.45, 7) is 0.506. The van der Waals surface area contributed by atoms with Crippen LogP contribution in [0.5, 0.6) is 17.2 Å². The van der Waals surface area contributed by atoms with E-state index >= 15 is 0 Å². The SMILES string of the molecule is COc1ccc(C23CC4CC(CC(C(=O)NCc5ccc(OC)c(OC)c5)(C4)C2)C3)cc1. The van der Waals surface area contributed by atoms with Gasteiger partial charge < -0.3 is 19.5 Å². The Kier molecular flexibility index (Phi) is 5.31. The normalized spacial score (nSPS) is 30.1. The molecule has 4 bridgehead atoms. The molecule has 4 aliphatic rings. The van der Waals surface area contributed by atoms with Gasteiger partial charge in [-0.15, -0.1) is 0 Å². The van der Waals surface area contributed by atoms with Gasteiger partial charge in [0.1, 0.15) is 5.75 Å². The molecule has 0 saturated heterocycles. The molecule has 4 saturated carbocycles. The van der Waals surface area contributed by atoms with Crippen molar-refractivity contribution in [3.63, 3.8) is 0 Å². The molecule has 1 amide bonds. The molecule has 0 aromatic heterocycles. The number of hydrogen-bond acceptors (Lipinski definition) is 4. The first-order valence-electron chi connectivity index (χ1n) is 11.6. The van der Waals surface area contributed by atoms with E-state index in [1.54, 1.807) is 21.3 Å². The van der Waals surface area contributed by atoms with Crippen LogP contribution in [0.1, 0.15) is 49.7 Å². The summed E-state index contributed by atoms with van der Waals surface area (Å²) in [7, 11) is 4.97. The average molecular weight is 436 g/mol. The van der Waals surface area contributed by atoms with Crippen molar-refractivity contribution in [3.05, 3.63) is 53.6 Å². The van der Waals surface area contributed by atoms with Crippen molar-refractivity contribution in [1.29, 1.82) is 0 Å². The molecule has 0 heterocycles. The van der Waals surface area contributed by atoms with Gasteiger partial charge in [-0.25, -0.2) is 0 Å². The maximum Gasteiger partial charge on any atom is 0.226 e. The van der Waals surface area contributed by atoms with Crippen LogP contribution in [0.3, 0.4) is 0 Å². The average Bonchev–Trinajstić information content (AvgIpc) is 2.81. The Hall–Kier alpha value is -2.69. The van der Waals surface area contributed by atoms with Gasteiger partial charge in [-0.1, -0.05) is 18.2 Å². The summed E-state index contributed by atoms with van der Waals surface area (Å²) in [6, 6.07) is 14.4. The molecular formula is C27H33NO4. The zero-order valence-corrected chi connectivity index (χ0v) is 19.3. The molecule has 170 valence electrons. The molecule has 2 unspecified atom stereocenters. The zero-order chi connectivity index (χ0) is 22.3. The van der Waals surface area contributed by atoms with Crippen LogP contribution in [0.25, 0.3) is 0 Å². The van der Waals surface area contributed by atoms with Crippen LogP contribution in [0.2, 0.25) is 0 Å². The number of methoxy groups -OCH3 is 3. The van der Waals surface area contributed by atoms with Gasteiger partial charge in [0.2, 0.25) is 5.91 Å². The maximum absolute atomic E-state index is 13.6. The summed E-state index contributed by atoms with van der Waals surface area (Å²) in [5.74, 6) is 3.79. The second-order valence-electron chi connectivity index (χ2n) is 10.1. The second-order valence-corrected chi connectivity index (χ2v) is 10.1. The standard InChI is InChI=1S/C27H33NO4/c1-30-22-7-5-21(6-8-22)26-12-19-10-20(13-26)15-27(14-19,17-26)25(29)28-16-18-4-9-23(31-2)24(11-18)32-3/h4-9,11,19-20H,10,12-17H2,1-3H3,(H,28,29). The molecule has 5 nitrogen and oxygen atoms in total. The maximum atomic E-state index is 13.6. The first-order chi connectivity index (χ1) is 15.5. The van der Waals surface area contributed by atoms with Crippen LogP contribution in [0.4, 0.5) is 0 Å². The fourth-order valence-corrected chi connectivity index (χ4v) is 7.17. The van der Waals surface area contributed by atoms with Gasteiger partial charge in [-0.2, -0.15) is 0 Å². The van der Waals surface area contributed by atoms with E-state index in [1.807, 2.05) is 18.2 Å². The van der Waals surface area contributed by atoms with Crippen LogP contribution in [0, 0.1) is 17.3 Å². The quantitative estimate of drug-likeness (QED) is 0.674. The summed E-state index contributed by atoms with van der Waals surface area (Å²) in [5.41, 5.74) is 2.27. The summed E-state index contributed by atoms with van der Waals surface area (Å²) in [6.07, 6.45) is 6.71. The van der Waals surface area contributed by atoms with Crippen LogP contribution < -0.4 is 19.5 Å². The Morgan fingerprint density at radius 1 is 0.906 bits per heavy atom. The van der Waals surface area contributed by atoms with E-state index in [4.69, 9.17) is 14.2 Å². The monoisotopic (exact) mass is 435 g/mol. The smallest absolute Gasteiger partial charge is 0.226 e. The minimum Gasteiger partial charge on any atom is -0.497 e. The molecule has 0 aliphatic heterocycles. The van der Waals surface area contributed by atoms with Gasteiger partial charge in [0.05, 0.1) is 26.7 Å². The molecule has 4 aliphatic carbocycles. The van der Waals surface area contributed by atoms with Gasteiger partial charge in [0, 0.05) is 6.54 Å². The van der Waals surface area contributed by atoms with Gasteiger partial charge in [-0.3, -0.25) is 4.79 Å². The van der Waals surface area contributed by atoms with E-state index in [0.717, 1.165) is 30.6 Å². The van der Waals surface area contributed by atoms with Crippen molar-refractivity contribution in [2.75, 3.05) is 21.3 Å². The molecule has 0 radical (unpaired) electrons. The molecule has 0 spiro atoms. The van der Waals surface area contributed by atoms with Crippen LogP contribution in [-0.2, 0) is 16.8 Å². The summed E-state index contributed by atoms with van der Waals surface area (Å²) in [5, 5.41) is 3.28. The van der Waals surface area contributed by atoms with Crippen LogP contribution in [-0.4, -0.2) is 27.2 Å². The molecule has 5 heteroatoms. The fraction of sp³-hybridized carbons (Fsp3) is 0.519. The number of hydrogen-bond donors (Lipinski definition) is 1. The number of carbonyl (C=O) groups is 1. The first kappa shape index (κ1) is 21.2. The summed E-state index contributed by atoms with van der Waals surface area (Å²) < 4.78 is 16.1. The summed E-state index contributed by atoms with van der Waals surface area (Å²) in [4.78, 5) is 13.6. The van der Waals surface area contributed by atoms with E-state index in [0.29, 0.717) is 29.9 Å². The van der Waals surface area contributed by atoms with E-state index in [1.165, 1.54) is 24.8 Å². The van der Waals surface area contributed by atoms with E-state index < -0.39 is 0 Å². The molecule has 4 fully saturated rings. The van der Waals surface area contributed by atoms with Crippen LogP contribution in [0.15, 0.2) is 42.5 Å². The van der Waals surface area contributed by atoms with Crippen LogP contribution >= 0.6 is 0 Å².